The number of carbonyl (C=O) groups excluding carboxylic acids is 2. The molecule has 4 rings (SSSR count). The zero-order valence-corrected chi connectivity index (χ0v) is 21.0. The van der Waals surface area contributed by atoms with Gasteiger partial charge in [-0.05, 0) is 72.7 Å². The second-order valence-electron chi connectivity index (χ2n) is 9.11. The molecule has 3 aromatic carbocycles. The first-order valence-corrected chi connectivity index (χ1v) is 12.3. The van der Waals surface area contributed by atoms with Crippen molar-refractivity contribution in [3.05, 3.63) is 82.9 Å². The number of benzene rings is 3. The van der Waals surface area contributed by atoms with Gasteiger partial charge in [0.15, 0.2) is 0 Å². The molecule has 192 valence electrons. The lowest BCUT2D eigenvalue weighted by Gasteiger charge is -2.30. The number of para-hydroxylation sites is 1. The van der Waals surface area contributed by atoms with Crippen molar-refractivity contribution in [2.75, 3.05) is 29.2 Å². The van der Waals surface area contributed by atoms with Crippen molar-refractivity contribution in [1.29, 1.82) is 0 Å². The molecule has 1 heterocycles. The summed E-state index contributed by atoms with van der Waals surface area (Å²) in [5, 5.41) is 14.6. The van der Waals surface area contributed by atoms with E-state index in [2.05, 4.69) is 10.6 Å². The lowest BCUT2D eigenvalue weighted by molar-refractivity contribution is -0.137. The van der Waals surface area contributed by atoms with E-state index in [4.69, 9.17) is 9.84 Å². The number of aliphatic carboxylic acids is 1. The number of carbonyl (C=O) groups is 3. The molecule has 8 nitrogen and oxygen atoms in total. The molecule has 3 amide bonds. The normalized spacial score (nSPS) is 12.4. The van der Waals surface area contributed by atoms with Gasteiger partial charge in [0.25, 0.3) is 0 Å². The highest BCUT2D eigenvalue weighted by Gasteiger charge is 2.23. The van der Waals surface area contributed by atoms with Gasteiger partial charge >= 0.3 is 12.0 Å². The molecule has 0 unspecified atom stereocenters. The highest BCUT2D eigenvalue weighted by Crippen LogP contribution is 2.30. The quantitative estimate of drug-likeness (QED) is 0.394. The van der Waals surface area contributed by atoms with Gasteiger partial charge in [-0.1, -0.05) is 36.4 Å². The van der Waals surface area contributed by atoms with Crippen molar-refractivity contribution in [1.82, 2.24) is 0 Å². The van der Waals surface area contributed by atoms with E-state index in [0.29, 0.717) is 24.4 Å². The van der Waals surface area contributed by atoms with Crippen LogP contribution in [0.4, 0.5) is 21.9 Å². The van der Waals surface area contributed by atoms with E-state index >= 15 is 0 Å². The molecule has 0 spiro atoms. The molecular formula is C29H31N3O5. The summed E-state index contributed by atoms with van der Waals surface area (Å²) in [6.07, 6.45) is 2.45. The van der Waals surface area contributed by atoms with Crippen molar-refractivity contribution >= 4 is 35.0 Å². The molecule has 0 saturated carbocycles. The van der Waals surface area contributed by atoms with Crippen LogP contribution in [0, 0.1) is 6.92 Å². The molecule has 1 aliphatic heterocycles. The predicted octanol–water partition coefficient (Wildman–Crippen LogP) is 5.19. The van der Waals surface area contributed by atoms with Gasteiger partial charge in [-0.25, -0.2) is 4.79 Å². The van der Waals surface area contributed by atoms with Gasteiger partial charge in [-0.2, -0.15) is 0 Å². The first kappa shape index (κ1) is 25.8. The molecule has 3 aromatic rings. The number of methoxy groups -OCH3 is 1. The number of anilines is 3. The average molecular weight is 502 g/mol. The molecule has 1 aliphatic rings. The summed E-state index contributed by atoms with van der Waals surface area (Å²) < 4.78 is 5.49. The van der Waals surface area contributed by atoms with Crippen LogP contribution in [0.15, 0.2) is 60.7 Å². The van der Waals surface area contributed by atoms with Crippen molar-refractivity contribution < 1.29 is 24.2 Å². The lowest BCUT2D eigenvalue weighted by atomic mass is 9.97. The number of hydrogen-bond acceptors (Lipinski definition) is 4. The number of rotatable bonds is 8. The smallest absolute Gasteiger partial charge is 0.323 e. The molecule has 3 N–H and O–H groups in total. The van der Waals surface area contributed by atoms with Gasteiger partial charge in [-0.3, -0.25) is 9.59 Å². The fourth-order valence-corrected chi connectivity index (χ4v) is 4.52. The second kappa shape index (κ2) is 11.6. The first-order chi connectivity index (χ1) is 17.8. The minimum atomic E-state index is -0.821. The summed E-state index contributed by atoms with van der Waals surface area (Å²) in [5.74, 6) is -0.385. The van der Waals surface area contributed by atoms with Crippen LogP contribution in [0.3, 0.4) is 0 Å². The Hall–Kier alpha value is -4.33. The number of aryl methyl sites for hydroxylation is 3. The summed E-state index contributed by atoms with van der Waals surface area (Å²) in [6, 6.07) is 18.3. The average Bonchev–Trinajstić information content (AvgIpc) is 2.89. The van der Waals surface area contributed by atoms with Gasteiger partial charge in [0.05, 0.1) is 19.2 Å². The number of amides is 3. The Morgan fingerprint density at radius 3 is 2.49 bits per heavy atom. The third kappa shape index (κ3) is 6.46. The Morgan fingerprint density at radius 2 is 1.73 bits per heavy atom. The Labute approximate surface area is 216 Å². The minimum absolute atomic E-state index is 0.0284. The summed E-state index contributed by atoms with van der Waals surface area (Å²) >= 11 is 0. The third-order valence-corrected chi connectivity index (χ3v) is 6.45. The first-order valence-electron chi connectivity index (χ1n) is 12.3. The van der Waals surface area contributed by atoms with Crippen LogP contribution in [-0.2, 0) is 28.9 Å². The Bertz CT molecular complexity index is 1320. The summed E-state index contributed by atoms with van der Waals surface area (Å²) in [5.41, 5.74) is 5.87. The predicted molar refractivity (Wildman–Crippen MR) is 144 cm³/mol. The third-order valence-electron chi connectivity index (χ3n) is 6.45. The zero-order chi connectivity index (χ0) is 26.4. The van der Waals surface area contributed by atoms with E-state index in [-0.39, 0.29) is 24.8 Å². The number of ether oxygens (including phenoxy) is 1. The second-order valence-corrected chi connectivity index (χ2v) is 9.11. The van der Waals surface area contributed by atoms with Gasteiger partial charge < -0.3 is 25.4 Å². The molecule has 0 atom stereocenters. The zero-order valence-electron chi connectivity index (χ0n) is 21.0. The monoisotopic (exact) mass is 501 g/mol. The highest BCUT2D eigenvalue weighted by molar-refractivity contribution is 6.01. The Morgan fingerprint density at radius 1 is 0.973 bits per heavy atom. The molecule has 0 aromatic heterocycles. The fourth-order valence-electron chi connectivity index (χ4n) is 4.52. The molecule has 8 heteroatoms. The van der Waals surface area contributed by atoms with Gasteiger partial charge in [0.2, 0.25) is 5.91 Å². The van der Waals surface area contributed by atoms with Crippen molar-refractivity contribution in [3.8, 4) is 5.75 Å². The topological polar surface area (TPSA) is 108 Å². The molecule has 0 saturated heterocycles. The van der Waals surface area contributed by atoms with Crippen LogP contribution in [0.5, 0.6) is 5.75 Å². The number of fused-ring (bicyclic) bond motifs is 1. The maximum Gasteiger partial charge on any atom is 0.323 e. The molecule has 0 aliphatic carbocycles. The van der Waals surface area contributed by atoms with E-state index in [1.54, 1.807) is 17.0 Å². The van der Waals surface area contributed by atoms with Crippen LogP contribution in [0.1, 0.15) is 35.1 Å². The summed E-state index contributed by atoms with van der Waals surface area (Å²) in [7, 11) is 1.52. The van der Waals surface area contributed by atoms with E-state index < -0.39 is 5.97 Å². The number of carboxylic acids is 1. The minimum Gasteiger partial charge on any atom is -0.495 e. The SMILES string of the molecule is COc1cc(CC(=O)N2CCCc3cc(CCC(=O)O)ccc32)ccc1NC(=O)Nc1ccccc1C. The maximum absolute atomic E-state index is 13.3. The fraction of sp³-hybridized carbons (Fsp3) is 0.276. The number of hydrogen-bond donors (Lipinski definition) is 3. The van der Waals surface area contributed by atoms with Crippen molar-refractivity contribution in [3.63, 3.8) is 0 Å². The lowest BCUT2D eigenvalue weighted by Crippen LogP contribution is -2.36. The Kier molecular flexibility index (Phi) is 8.08. The van der Waals surface area contributed by atoms with E-state index in [9.17, 15) is 14.4 Å². The standard InChI is InChI=1S/C29H31N3O5/c1-19-6-3-4-8-23(19)30-29(36)31-24-12-9-21(17-26(24)37-2)18-27(33)32-15-5-7-22-16-20(10-13-25(22)32)11-14-28(34)35/h3-4,6,8-10,12-13,16-17H,5,7,11,14-15,18H2,1-2H3,(H,34,35)(H2,30,31,36). The molecule has 0 bridgehead atoms. The summed E-state index contributed by atoms with van der Waals surface area (Å²) in [4.78, 5) is 38.5. The molecular weight excluding hydrogens is 470 g/mol. The van der Waals surface area contributed by atoms with E-state index in [1.807, 2.05) is 55.5 Å². The Balaban J connectivity index is 1.43. The summed E-state index contributed by atoms with van der Waals surface area (Å²) in [6.45, 7) is 2.55. The molecule has 0 radical (unpaired) electrons. The van der Waals surface area contributed by atoms with E-state index in [1.165, 1.54) is 7.11 Å². The number of nitrogens with zero attached hydrogens (tertiary/aromatic N) is 1. The van der Waals surface area contributed by atoms with Crippen LogP contribution < -0.4 is 20.3 Å². The number of carboxylic acid groups (broad SMARTS) is 1. The van der Waals surface area contributed by atoms with Gasteiger partial charge in [-0.15, -0.1) is 0 Å². The maximum atomic E-state index is 13.3. The van der Waals surface area contributed by atoms with Gasteiger partial charge in [0.1, 0.15) is 5.75 Å². The van der Waals surface area contributed by atoms with Crippen LogP contribution in [0.25, 0.3) is 0 Å². The largest absolute Gasteiger partial charge is 0.495 e. The molecule has 0 fully saturated rings. The highest BCUT2D eigenvalue weighted by atomic mass is 16.5. The number of urea groups is 1. The van der Waals surface area contributed by atoms with Crippen LogP contribution >= 0.6 is 0 Å². The van der Waals surface area contributed by atoms with Crippen molar-refractivity contribution in [2.24, 2.45) is 0 Å². The number of nitrogens with one attached hydrogen (secondary N) is 2. The van der Waals surface area contributed by atoms with Crippen molar-refractivity contribution in [2.45, 2.75) is 39.0 Å². The van der Waals surface area contributed by atoms with Crippen LogP contribution in [-0.4, -0.2) is 36.7 Å². The molecule has 37 heavy (non-hydrogen) atoms. The van der Waals surface area contributed by atoms with Crippen LogP contribution in [0.2, 0.25) is 0 Å². The van der Waals surface area contributed by atoms with Gasteiger partial charge in [0, 0.05) is 24.3 Å². The van der Waals surface area contributed by atoms with E-state index in [0.717, 1.165) is 46.5 Å².